The number of rotatable bonds is 4. The maximum Gasteiger partial charge on any atom is 0.246 e. The lowest BCUT2D eigenvalue weighted by Crippen LogP contribution is -2.66. The molecule has 2 aliphatic rings. The largest absolute Gasteiger partial charge is 0.342 e. The molecular weight excluding hydrogens is 264 g/mol. The normalized spacial score (nSPS) is 27.9. The molecule has 1 saturated carbocycles. The predicted molar refractivity (Wildman–Crippen MR) is 83.7 cm³/mol. The van der Waals surface area contributed by atoms with Gasteiger partial charge in [-0.15, -0.1) is 0 Å². The van der Waals surface area contributed by atoms with Gasteiger partial charge in [0.15, 0.2) is 0 Å². The second-order valence-electron chi connectivity index (χ2n) is 7.00. The maximum atomic E-state index is 12.9. The SMILES string of the molecule is C=C(C)CN1C(=O)C(C2CCCCC2)NC(=O)C1C(C)C. The molecule has 2 rings (SSSR count). The van der Waals surface area contributed by atoms with Crippen molar-refractivity contribution in [2.24, 2.45) is 11.8 Å². The second-order valence-corrected chi connectivity index (χ2v) is 7.00. The van der Waals surface area contributed by atoms with Gasteiger partial charge < -0.3 is 10.2 Å². The molecule has 0 aromatic rings. The summed E-state index contributed by atoms with van der Waals surface area (Å²) in [6.07, 6.45) is 5.67. The van der Waals surface area contributed by atoms with Crippen LogP contribution in [0.4, 0.5) is 0 Å². The summed E-state index contributed by atoms with van der Waals surface area (Å²) in [5, 5.41) is 3.01. The van der Waals surface area contributed by atoms with Crippen molar-refractivity contribution in [2.45, 2.75) is 65.0 Å². The zero-order valence-corrected chi connectivity index (χ0v) is 13.5. The van der Waals surface area contributed by atoms with Gasteiger partial charge in [-0.1, -0.05) is 45.3 Å². The average molecular weight is 292 g/mol. The van der Waals surface area contributed by atoms with E-state index < -0.39 is 0 Å². The van der Waals surface area contributed by atoms with E-state index in [0.29, 0.717) is 12.5 Å². The molecule has 1 heterocycles. The van der Waals surface area contributed by atoms with E-state index in [4.69, 9.17) is 0 Å². The van der Waals surface area contributed by atoms with E-state index in [9.17, 15) is 9.59 Å². The molecule has 0 bridgehead atoms. The highest BCUT2D eigenvalue weighted by atomic mass is 16.2. The minimum Gasteiger partial charge on any atom is -0.342 e. The minimum absolute atomic E-state index is 0.00132. The third kappa shape index (κ3) is 3.47. The summed E-state index contributed by atoms with van der Waals surface area (Å²) in [7, 11) is 0. The monoisotopic (exact) mass is 292 g/mol. The number of hydrogen-bond acceptors (Lipinski definition) is 2. The van der Waals surface area contributed by atoms with Gasteiger partial charge >= 0.3 is 0 Å². The van der Waals surface area contributed by atoms with Crippen molar-refractivity contribution in [2.75, 3.05) is 6.54 Å². The maximum absolute atomic E-state index is 12.9. The van der Waals surface area contributed by atoms with Crippen LogP contribution in [0.1, 0.15) is 52.9 Å². The van der Waals surface area contributed by atoms with Crippen molar-refractivity contribution in [3.8, 4) is 0 Å². The Balaban J connectivity index is 2.21. The number of carbonyl (C=O) groups excluding carboxylic acids is 2. The van der Waals surface area contributed by atoms with E-state index in [-0.39, 0.29) is 29.8 Å². The molecule has 1 aliphatic carbocycles. The van der Waals surface area contributed by atoms with E-state index in [1.165, 1.54) is 19.3 Å². The smallest absolute Gasteiger partial charge is 0.246 e. The van der Waals surface area contributed by atoms with Crippen LogP contribution < -0.4 is 5.32 Å². The predicted octanol–water partition coefficient (Wildman–Crippen LogP) is 2.49. The van der Waals surface area contributed by atoms with Crippen LogP contribution in [-0.2, 0) is 9.59 Å². The molecule has 2 unspecified atom stereocenters. The Morgan fingerprint density at radius 3 is 2.43 bits per heavy atom. The van der Waals surface area contributed by atoms with E-state index in [0.717, 1.165) is 18.4 Å². The van der Waals surface area contributed by atoms with Crippen LogP contribution >= 0.6 is 0 Å². The summed E-state index contributed by atoms with van der Waals surface area (Å²) >= 11 is 0. The standard InChI is InChI=1S/C17H28N2O2/c1-11(2)10-19-15(12(3)4)16(20)18-14(17(19)21)13-8-6-5-7-9-13/h12-15H,1,5-10H2,2-4H3,(H,18,20). The molecule has 0 radical (unpaired) electrons. The summed E-state index contributed by atoms with van der Waals surface area (Å²) in [5.74, 6) is 0.501. The Labute approximate surface area is 128 Å². The number of amides is 2. The van der Waals surface area contributed by atoms with Gasteiger partial charge in [-0.3, -0.25) is 9.59 Å². The zero-order valence-electron chi connectivity index (χ0n) is 13.5. The van der Waals surface area contributed by atoms with E-state index >= 15 is 0 Å². The van der Waals surface area contributed by atoms with E-state index in [2.05, 4.69) is 11.9 Å². The fraction of sp³-hybridized carbons (Fsp3) is 0.765. The Kier molecular flexibility index (Phi) is 5.07. The molecule has 2 atom stereocenters. The quantitative estimate of drug-likeness (QED) is 0.809. The molecule has 1 N–H and O–H groups in total. The molecule has 1 aliphatic heterocycles. The van der Waals surface area contributed by atoms with Gasteiger partial charge in [-0.05, 0) is 31.6 Å². The number of carbonyl (C=O) groups is 2. The van der Waals surface area contributed by atoms with Crippen molar-refractivity contribution < 1.29 is 9.59 Å². The van der Waals surface area contributed by atoms with Gasteiger partial charge in [-0.25, -0.2) is 0 Å². The molecule has 118 valence electrons. The summed E-state index contributed by atoms with van der Waals surface area (Å²) in [6, 6.07) is -0.693. The number of nitrogens with one attached hydrogen (secondary N) is 1. The highest BCUT2D eigenvalue weighted by Crippen LogP contribution is 2.30. The van der Waals surface area contributed by atoms with Crippen molar-refractivity contribution in [3.63, 3.8) is 0 Å². The van der Waals surface area contributed by atoms with Crippen LogP contribution in [0.25, 0.3) is 0 Å². The van der Waals surface area contributed by atoms with Gasteiger partial charge in [0.05, 0.1) is 0 Å². The first-order valence-corrected chi connectivity index (χ1v) is 8.17. The topological polar surface area (TPSA) is 49.4 Å². The van der Waals surface area contributed by atoms with Gasteiger partial charge in [0, 0.05) is 6.54 Å². The first-order chi connectivity index (χ1) is 9.91. The van der Waals surface area contributed by atoms with Gasteiger partial charge in [0.1, 0.15) is 12.1 Å². The first kappa shape index (κ1) is 16.1. The summed E-state index contributed by atoms with van der Waals surface area (Å²) in [4.78, 5) is 27.1. The molecule has 0 aromatic heterocycles. The van der Waals surface area contributed by atoms with Crippen LogP contribution in [0, 0.1) is 11.8 Å². The lowest BCUT2D eigenvalue weighted by atomic mass is 9.81. The first-order valence-electron chi connectivity index (χ1n) is 8.17. The minimum atomic E-state index is -0.367. The third-order valence-electron chi connectivity index (χ3n) is 4.64. The third-order valence-corrected chi connectivity index (χ3v) is 4.64. The molecule has 4 nitrogen and oxygen atoms in total. The summed E-state index contributed by atoms with van der Waals surface area (Å²) in [5.41, 5.74) is 0.922. The molecule has 0 aromatic carbocycles. The number of piperazine rings is 1. The van der Waals surface area contributed by atoms with Crippen LogP contribution in [-0.4, -0.2) is 35.3 Å². The molecular formula is C17H28N2O2. The summed E-state index contributed by atoms with van der Waals surface area (Å²) in [6.45, 7) is 10.3. The Hall–Kier alpha value is -1.32. The lowest BCUT2D eigenvalue weighted by Gasteiger charge is -2.43. The van der Waals surface area contributed by atoms with Crippen molar-refractivity contribution in [1.82, 2.24) is 10.2 Å². The Bertz CT molecular complexity index is 425. The highest BCUT2D eigenvalue weighted by Gasteiger charge is 2.44. The van der Waals surface area contributed by atoms with Gasteiger partial charge in [0.2, 0.25) is 11.8 Å². The zero-order chi connectivity index (χ0) is 15.6. The molecule has 1 saturated heterocycles. The van der Waals surface area contributed by atoms with Gasteiger partial charge in [0.25, 0.3) is 0 Å². The Morgan fingerprint density at radius 1 is 1.29 bits per heavy atom. The molecule has 2 fully saturated rings. The fourth-order valence-corrected chi connectivity index (χ4v) is 3.67. The molecule has 4 heteroatoms. The van der Waals surface area contributed by atoms with E-state index in [1.54, 1.807) is 4.90 Å². The highest BCUT2D eigenvalue weighted by molar-refractivity contribution is 5.97. The molecule has 21 heavy (non-hydrogen) atoms. The average Bonchev–Trinajstić information content (AvgIpc) is 2.42. The Morgan fingerprint density at radius 2 is 1.90 bits per heavy atom. The lowest BCUT2D eigenvalue weighted by molar-refractivity contribution is -0.152. The van der Waals surface area contributed by atoms with Crippen molar-refractivity contribution >= 4 is 11.8 Å². The number of nitrogens with zero attached hydrogens (tertiary/aromatic N) is 1. The van der Waals surface area contributed by atoms with Crippen molar-refractivity contribution in [3.05, 3.63) is 12.2 Å². The van der Waals surface area contributed by atoms with Crippen LogP contribution in [0.2, 0.25) is 0 Å². The summed E-state index contributed by atoms with van der Waals surface area (Å²) < 4.78 is 0. The van der Waals surface area contributed by atoms with Crippen LogP contribution in [0.15, 0.2) is 12.2 Å². The van der Waals surface area contributed by atoms with Crippen LogP contribution in [0.5, 0.6) is 0 Å². The number of hydrogen-bond donors (Lipinski definition) is 1. The van der Waals surface area contributed by atoms with E-state index in [1.807, 2.05) is 20.8 Å². The molecule has 0 spiro atoms. The van der Waals surface area contributed by atoms with Crippen LogP contribution in [0.3, 0.4) is 0 Å². The molecule has 2 amide bonds. The fourth-order valence-electron chi connectivity index (χ4n) is 3.67. The van der Waals surface area contributed by atoms with Gasteiger partial charge in [-0.2, -0.15) is 0 Å². The van der Waals surface area contributed by atoms with Crippen molar-refractivity contribution in [1.29, 1.82) is 0 Å². The second kappa shape index (κ2) is 6.63.